The van der Waals surface area contributed by atoms with E-state index < -0.39 is 23.9 Å². The number of anilines is 3. The second-order valence-electron chi connectivity index (χ2n) is 4.75. The Kier molecular flexibility index (Phi) is 5.16. The summed E-state index contributed by atoms with van der Waals surface area (Å²) in [5.74, 6) is -0.448. The molecule has 0 heterocycles. The fourth-order valence-electron chi connectivity index (χ4n) is 1.76. The van der Waals surface area contributed by atoms with E-state index in [2.05, 4.69) is 9.46 Å². The highest BCUT2D eigenvalue weighted by molar-refractivity contribution is 8.00. The molecule has 0 aliphatic rings. The van der Waals surface area contributed by atoms with Crippen LogP contribution in [0.3, 0.4) is 0 Å². The lowest BCUT2D eigenvalue weighted by Gasteiger charge is -2.15. The van der Waals surface area contributed by atoms with Gasteiger partial charge >= 0.3 is 12.5 Å². The quantitative estimate of drug-likeness (QED) is 0.398. The average Bonchev–Trinajstić information content (AvgIpc) is 2.47. The summed E-state index contributed by atoms with van der Waals surface area (Å²) in [5, 5.41) is 0. The van der Waals surface area contributed by atoms with Gasteiger partial charge in [-0.3, -0.25) is 0 Å². The van der Waals surface area contributed by atoms with Crippen LogP contribution in [0.2, 0.25) is 0 Å². The number of nitrogens with two attached hydrogens (primary N) is 2. The number of benzene rings is 2. The first-order valence-corrected chi connectivity index (χ1v) is 7.32. The lowest BCUT2D eigenvalue weighted by molar-refractivity contribution is -0.274. The van der Waals surface area contributed by atoms with Crippen molar-refractivity contribution in [3.63, 3.8) is 0 Å². The zero-order valence-electron chi connectivity index (χ0n) is 12.2. The highest BCUT2D eigenvalue weighted by atomic mass is 32.2. The molecular weight excluding hydrogens is 372 g/mol. The molecule has 0 aliphatic carbocycles. The van der Waals surface area contributed by atoms with Gasteiger partial charge in [0.2, 0.25) is 0 Å². The Morgan fingerprint density at radius 1 is 0.880 bits per heavy atom. The molecule has 2 aromatic carbocycles. The van der Waals surface area contributed by atoms with Crippen LogP contribution in [0.15, 0.2) is 41.3 Å². The van der Waals surface area contributed by atoms with Crippen molar-refractivity contribution in [1.82, 2.24) is 0 Å². The van der Waals surface area contributed by atoms with Crippen LogP contribution in [0.25, 0.3) is 0 Å². The van der Waals surface area contributed by atoms with E-state index in [1.807, 2.05) is 0 Å². The van der Waals surface area contributed by atoms with Crippen molar-refractivity contribution in [2.45, 2.75) is 17.4 Å². The van der Waals surface area contributed by atoms with Crippen LogP contribution in [0.1, 0.15) is 5.56 Å². The van der Waals surface area contributed by atoms with Gasteiger partial charge in [-0.2, -0.15) is 13.2 Å². The number of nitrogen functional groups attached to an aromatic ring is 2. The summed E-state index contributed by atoms with van der Waals surface area (Å²) >= 11 is 0.600. The van der Waals surface area contributed by atoms with E-state index in [1.54, 1.807) is 0 Å². The maximum atomic E-state index is 13.0. The van der Waals surface area contributed by atoms with E-state index >= 15 is 0 Å². The second kappa shape index (κ2) is 6.82. The molecule has 5 N–H and O–H groups in total. The number of hydrogen-bond donors (Lipinski definition) is 3. The van der Waals surface area contributed by atoms with Crippen LogP contribution >= 0.6 is 11.9 Å². The Morgan fingerprint density at radius 2 is 1.44 bits per heavy atom. The molecule has 136 valence electrons. The molecule has 0 aromatic heterocycles. The number of alkyl halides is 6. The van der Waals surface area contributed by atoms with Gasteiger partial charge in [0.1, 0.15) is 5.75 Å². The van der Waals surface area contributed by atoms with Gasteiger partial charge in [-0.1, -0.05) is 0 Å². The topological polar surface area (TPSA) is 73.3 Å². The number of ether oxygens (including phenoxy) is 1. The third-order valence-electron chi connectivity index (χ3n) is 2.86. The number of rotatable bonds is 4. The largest absolute Gasteiger partial charge is 0.573 e. The Labute approximate surface area is 142 Å². The van der Waals surface area contributed by atoms with Gasteiger partial charge < -0.3 is 20.9 Å². The molecule has 11 heteroatoms. The van der Waals surface area contributed by atoms with Crippen molar-refractivity contribution in [3.8, 4) is 5.75 Å². The molecule has 0 aliphatic heterocycles. The Bertz CT molecular complexity index is 746. The normalized spacial score (nSPS) is 12.1. The Balaban J connectivity index is 2.15. The van der Waals surface area contributed by atoms with Gasteiger partial charge in [-0.15, -0.1) is 13.2 Å². The first-order valence-electron chi connectivity index (χ1n) is 6.50. The minimum atomic E-state index is -4.83. The molecule has 2 rings (SSSR count). The lowest BCUT2D eigenvalue weighted by Crippen LogP contribution is -2.16. The average molecular weight is 383 g/mol. The smallest absolute Gasteiger partial charge is 0.406 e. The number of nitrogens with one attached hydrogen (secondary N) is 1. The maximum Gasteiger partial charge on any atom is 0.573 e. The van der Waals surface area contributed by atoms with E-state index in [4.69, 9.17) is 11.5 Å². The van der Waals surface area contributed by atoms with Gasteiger partial charge in [0.05, 0.1) is 16.9 Å². The predicted octanol–water partition coefficient (Wildman–Crippen LogP) is 4.89. The molecule has 0 spiro atoms. The van der Waals surface area contributed by atoms with Gasteiger partial charge in [0.15, 0.2) is 0 Å². The fourth-order valence-corrected chi connectivity index (χ4v) is 2.59. The van der Waals surface area contributed by atoms with Gasteiger partial charge in [0.25, 0.3) is 0 Å². The minimum Gasteiger partial charge on any atom is -0.406 e. The molecule has 25 heavy (non-hydrogen) atoms. The van der Waals surface area contributed by atoms with Crippen molar-refractivity contribution < 1.29 is 31.1 Å². The maximum absolute atomic E-state index is 13.0. The van der Waals surface area contributed by atoms with E-state index in [1.165, 1.54) is 12.1 Å². The summed E-state index contributed by atoms with van der Waals surface area (Å²) in [7, 11) is 0. The van der Waals surface area contributed by atoms with Crippen molar-refractivity contribution in [1.29, 1.82) is 0 Å². The predicted molar refractivity (Wildman–Crippen MR) is 82.9 cm³/mol. The molecule has 0 saturated carbocycles. The van der Waals surface area contributed by atoms with Gasteiger partial charge in [-0.25, -0.2) is 0 Å². The SMILES string of the molecule is Nc1cc(SNc2ccc(OC(F)(F)F)cc2)c(C(F)(F)F)cc1N. The zero-order chi connectivity index (χ0) is 18.8. The monoisotopic (exact) mass is 383 g/mol. The molecule has 0 atom stereocenters. The standard InChI is InChI=1S/C14H11F6N3OS/c15-13(16,17)9-5-10(21)11(22)6-12(9)25-23-7-1-3-8(4-2-7)24-14(18,19)20/h1-6,23H,21-22H2. The second-order valence-corrected chi connectivity index (χ2v) is 5.60. The van der Waals surface area contributed by atoms with Crippen molar-refractivity contribution in [2.24, 2.45) is 0 Å². The Hall–Kier alpha value is -2.43. The summed E-state index contributed by atoms with van der Waals surface area (Å²) in [5.41, 5.74) is 9.99. The minimum absolute atomic E-state index is 0.0220. The van der Waals surface area contributed by atoms with Crippen LogP contribution in [0.4, 0.5) is 43.4 Å². The van der Waals surface area contributed by atoms with Crippen molar-refractivity contribution in [2.75, 3.05) is 16.2 Å². The van der Waals surface area contributed by atoms with Crippen LogP contribution in [-0.4, -0.2) is 6.36 Å². The van der Waals surface area contributed by atoms with Gasteiger partial charge in [0, 0.05) is 10.6 Å². The third-order valence-corrected chi connectivity index (χ3v) is 3.75. The van der Waals surface area contributed by atoms with Crippen LogP contribution < -0.4 is 20.9 Å². The first-order chi connectivity index (χ1) is 11.5. The number of halogens is 6. The summed E-state index contributed by atoms with van der Waals surface area (Å²) in [6.07, 6.45) is -9.47. The molecule has 2 aromatic rings. The molecule has 0 saturated heterocycles. The van der Waals surface area contributed by atoms with Gasteiger partial charge in [-0.05, 0) is 48.3 Å². The zero-order valence-corrected chi connectivity index (χ0v) is 13.0. The summed E-state index contributed by atoms with van der Waals surface area (Å²) < 4.78 is 81.6. The Morgan fingerprint density at radius 3 is 1.96 bits per heavy atom. The highest BCUT2D eigenvalue weighted by Crippen LogP contribution is 2.40. The fraction of sp³-hybridized carbons (Fsp3) is 0.143. The van der Waals surface area contributed by atoms with E-state index in [9.17, 15) is 26.3 Å². The van der Waals surface area contributed by atoms with Crippen LogP contribution in [-0.2, 0) is 6.18 Å². The van der Waals surface area contributed by atoms with Crippen LogP contribution in [0, 0.1) is 0 Å². The molecule has 0 fully saturated rings. The summed E-state index contributed by atoms with van der Waals surface area (Å²) in [6.45, 7) is 0. The molecule has 0 radical (unpaired) electrons. The molecule has 0 unspecified atom stereocenters. The summed E-state index contributed by atoms with van der Waals surface area (Å²) in [6, 6.07) is 6.29. The molecule has 0 amide bonds. The van der Waals surface area contributed by atoms with E-state index in [-0.39, 0.29) is 22.0 Å². The van der Waals surface area contributed by atoms with Crippen molar-refractivity contribution >= 4 is 29.0 Å². The molecule has 0 bridgehead atoms. The van der Waals surface area contributed by atoms with Crippen molar-refractivity contribution in [3.05, 3.63) is 42.0 Å². The highest BCUT2D eigenvalue weighted by Gasteiger charge is 2.34. The lowest BCUT2D eigenvalue weighted by atomic mass is 10.1. The molecule has 4 nitrogen and oxygen atoms in total. The molecular formula is C14H11F6N3OS. The summed E-state index contributed by atoms with van der Waals surface area (Å²) in [4.78, 5) is -0.227. The van der Waals surface area contributed by atoms with E-state index in [0.29, 0.717) is 11.9 Å². The first kappa shape index (κ1) is 18.9. The van der Waals surface area contributed by atoms with E-state index in [0.717, 1.165) is 24.3 Å². The third kappa shape index (κ3) is 5.28. The van der Waals surface area contributed by atoms with Crippen LogP contribution in [0.5, 0.6) is 5.75 Å². The number of hydrogen-bond acceptors (Lipinski definition) is 5.